The molecule has 2 saturated heterocycles. The first-order chi connectivity index (χ1) is 11.9. The van der Waals surface area contributed by atoms with E-state index in [1.54, 1.807) is 6.26 Å². The first kappa shape index (κ1) is 16.0. The molecule has 5 heteroatoms. The maximum atomic E-state index is 5.49. The number of guanidine groups is 1. The number of nitrogens with zero attached hydrogens (tertiary/aromatic N) is 2. The Bertz CT molecular complexity index is 533. The second-order valence-electron chi connectivity index (χ2n) is 7.40. The van der Waals surface area contributed by atoms with Gasteiger partial charge in [0.05, 0.1) is 6.26 Å². The predicted octanol–water partition coefficient (Wildman–Crippen LogP) is 2.68. The van der Waals surface area contributed by atoms with E-state index < -0.39 is 0 Å². The van der Waals surface area contributed by atoms with Crippen LogP contribution in [0.3, 0.4) is 0 Å². The largest absolute Gasteiger partial charge is 0.469 e. The van der Waals surface area contributed by atoms with Crippen LogP contribution in [0.15, 0.2) is 27.8 Å². The van der Waals surface area contributed by atoms with Gasteiger partial charge < -0.3 is 19.4 Å². The maximum absolute atomic E-state index is 5.49. The lowest BCUT2D eigenvalue weighted by Gasteiger charge is -2.29. The molecule has 1 N–H and O–H groups in total. The van der Waals surface area contributed by atoms with Crippen LogP contribution in [0.1, 0.15) is 37.9 Å². The Morgan fingerprint density at radius 2 is 2.04 bits per heavy atom. The van der Waals surface area contributed by atoms with Crippen molar-refractivity contribution >= 4 is 5.96 Å². The highest BCUT2D eigenvalue weighted by Crippen LogP contribution is 2.41. The first-order valence-corrected chi connectivity index (χ1v) is 9.54. The molecule has 0 aromatic carbocycles. The van der Waals surface area contributed by atoms with Crippen LogP contribution in [0.4, 0.5) is 0 Å². The third-order valence-corrected chi connectivity index (χ3v) is 5.57. The molecule has 5 nitrogen and oxygen atoms in total. The zero-order valence-corrected chi connectivity index (χ0v) is 14.5. The maximum Gasteiger partial charge on any atom is 0.194 e. The summed E-state index contributed by atoms with van der Waals surface area (Å²) in [5.41, 5.74) is 0. The van der Waals surface area contributed by atoms with Gasteiger partial charge in [-0.15, -0.1) is 0 Å². The molecular weight excluding hydrogens is 302 g/mol. The predicted molar refractivity (Wildman–Crippen MR) is 94.1 cm³/mol. The summed E-state index contributed by atoms with van der Waals surface area (Å²) in [6, 6.07) is 4.47. The summed E-state index contributed by atoms with van der Waals surface area (Å²) in [6.45, 7) is 4.84. The molecule has 132 valence electrons. The van der Waals surface area contributed by atoms with Crippen molar-refractivity contribution in [2.24, 2.45) is 16.8 Å². The van der Waals surface area contributed by atoms with Gasteiger partial charge in [0.2, 0.25) is 0 Å². The first-order valence-electron chi connectivity index (χ1n) is 9.54. The molecule has 1 saturated carbocycles. The average Bonchev–Trinajstić information content (AvgIpc) is 3.11. The van der Waals surface area contributed by atoms with Crippen LogP contribution in [-0.2, 0) is 11.2 Å². The van der Waals surface area contributed by atoms with Gasteiger partial charge >= 0.3 is 0 Å². The summed E-state index contributed by atoms with van der Waals surface area (Å²) >= 11 is 0. The SMILES string of the molecule is c1coc(CCN=C(NC2CCOCC2)N2CCC(C3CC3)C2)c1. The second kappa shape index (κ2) is 7.60. The molecule has 0 amide bonds. The number of rotatable bonds is 5. The molecule has 1 aromatic heterocycles. The van der Waals surface area contributed by atoms with E-state index in [1.807, 2.05) is 12.1 Å². The topological polar surface area (TPSA) is 50.0 Å². The molecule has 3 aliphatic rings. The van der Waals surface area contributed by atoms with Gasteiger partial charge in [0.25, 0.3) is 0 Å². The molecule has 3 fully saturated rings. The van der Waals surface area contributed by atoms with E-state index >= 15 is 0 Å². The highest BCUT2D eigenvalue weighted by Gasteiger charge is 2.37. The van der Waals surface area contributed by atoms with Gasteiger partial charge in [-0.05, 0) is 56.1 Å². The van der Waals surface area contributed by atoms with E-state index in [0.29, 0.717) is 6.04 Å². The molecule has 24 heavy (non-hydrogen) atoms. The Morgan fingerprint density at radius 3 is 2.79 bits per heavy atom. The van der Waals surface area contributed by atoms with Gasteiger partial charge in [0.15, 0.2) is 5.96 Å². The number of likely N-dealkylation sites (tertiary alicyclic amines) is 1. The van der Waals surface area contributed by atoms with Crippen LogP contribution in [0.2, 0.25) is 0 Å². The van der Waals surface area contributed by atoms with E-state index in [0.717, 1.165) is 69.1 Å². The van der Waals surface area contributed by atoms with Gasteiger partial charge in [-0.3, -0.25) is 4.99 Å². The Hall–Kier alpha value is -1.49. The number of nitrogens with one attached hydrogen (secondary N) is 1. The van der Waals surface area contributed by atoms with Crippen molar-refractivity contribution in [3.8, 4) is 0 Å². The molecule has 1 aliphatic carbocycles. The summed E-state index contributed by atoms with van der Waals surface area (Å²) < 4.78 is 10.9. The van der Waals surface area contributed by atoms with Crippen LogP contribution >= 0.6 is 0 Å². The molecule has 2 aliphatic heterocycles. The fraction of sp³-hybridized carbons (Fsp3) is 0.737. The highest BCUT2D eigenvalue weighted by molar-refractivity contribution is 5.80. The van der Waals surface area contributed by atoms with Gasteiger partial charge in [-0.25, -0.2) is 0 Å². The van der Waals surface area contributed by atoms with E-state index in [1.165, 1.54) is 25.8 Å². The molecule has 4 rings (SSSR count). The normalized spacial score (nSPS) is 26.1. The number of ether oxygens (including phenoxy) is 1. The fourth-order valence-corrected chi connectivity index (χ4v) is 3.92. The number of furan rings is 1. The zero-order valence-electron chi connectivity index (χ0n) is 14.5. The van der Waals surface area contributed by atoms with E-state index in [4.69, 9.17) is 14.1 Å². The van der Waals surface area contributed by atoms with Crippen molar-refractivity contribution in [1.82, 2.24) is 10.2 Å². The summed E-state index contributed by atoms with van der Waals surface area (Å²) in [6.07, 6.45) is 8.98. The minimum Gasteiger partial charge on any atom is -0.469 e. The Labute approximate surface area is 144 Å². The Kier molecular flexibility index (Phi) is 5.07. The number of hydrogen-bond donors (Lipinski definition) is 1. The summed E-state index contributed by atoms with van der Waals surface area (Å²) in [5.74, 6) is 4.00. The van der Waals surface area contributed by atoms with Gasteiger partial charge in [-0.1, -0.05) is 0 Å². The monoisotopic (exact) mass is 331 g/mol. The number of hydrogen-bond acceptors (Lipinski definition) is 3. The van der Waals surface area contributed by atoms with Crippen LogP contribution in [0.25, 0.3) is 0 Å². The third-order valence-electron chi connectivity index (χ3n) is 5.57. The number of aliphatic imine (C=N–C) groups is 1. The summed E-state index contributed by atoms with van der Waals surface area (Å²) in [7, 11) is 0. The van der Waals surface area contributed by atoms with Crippen LogP contribution < -0.4 is 5.32 Å². The molecule has 3 heterocycles. The van der Waals surface area contributed by atoms with Crippen LogP contribution in [0, 0.1) is 11.8 Å². The van der Waals surface area contributed by atoms with Crippen molar-refractivity contribution in [1.29, 1.82) is 0 Å². The van der Waals surface area contributed by atoms with Crippen molar-refractivity contribution in [2.45, 2.75) is 44.6 Å². The molecule has 1 atom stereocenters. The van der Waals surface area contributed by atoms with E-state index in [9.17, 15) is 0 Å². The standard InChI is InChI=1S/C19H29N3O2/c1-2-18(24-11-1)5-9-20-19(21-17-7-12-23-13-8-17)22-10-6-16(14-22)15-3-4-15/h1-2,11,15-17H,3-10,12-14H2,(H,20,21). The van der Waals surface area contributed by atoms with Crippen LogP contribution in [-0.4, -0.2) is 49.7 Å². The average molecular weight is 331 g/mol. The van der Waals surface area contributed by atoms with E-state index in [-0.39, 0.29) is 0 Å². The smallest absolute Gasteiger partial charge is 0.194 e. The lowest BCUT2D eigenvalue weighted by atomic mass is 10.0. The molecule has 0 spiro atoms. The quantitative estimate of drug-likeness (QED) is 0.666. The lowest BCUT2D eigenvalue weighted by Crippen LogP contribution is -2.47. The van der Waals surface area contributed by atoms with Crippen molar-refractivity contribution in [3.05, 3.63) is 24.2 Å². The minimum atomic E-state index is 0.501. The van der Waals surface area contributed by atoms with E-state index in [2.05, 4.69) is 10.2 Å². The van der Waals surface area contributed by atoms with Crippen LogP contribution in [0.5, 0.6) is 0 Å². The molecular formula is C19H29N3O2. The summed E-state index contributed by atoms with van der Waals surface area (Å²) in [4.78, 5) is 7.41. The van der Waals surface area contributed by atoms with Crippen molar-refractivity contribution < 1.29 is 9.15 Å². The highest BCUT2D eigenvalue weighted by atomic mass is 16.5. The molecule has 0 radical (unpaired) electrons. The Morgan fingerprint density at radius 1 is 1.17 bits per heavy atom. The summed E-state index contributed by atoms with van der Waals surface area (Å²) in [5, 5.41) is 3.72. The van der Waals surface area contributed by atoms with Gasteiger partial charge in [0, 0.05) is 45.3 Å². The molecule has 0 bridgehead atoms. The minimum absolute atomic E-state index is 0.501. The fourth-order valence-electron chi connectivity index (χ4n) is 3.92. The molecule has 1 unspecified atom stereocenters. The van der Waals surface area contributed by atoms with Crippen molar-refractivity contribution in [2.75, 3.05) is 32.8 Å². The lowest BCUT2D eigenvalue weighted by molar-refractivity contribution is 0.0816. The van der Waals surface area contributed by atoms with Crippen molar-refractivity contribution in [3.63, 3.8) is 0 Å². The van der Waals surface area contributed by atoms with Gasteiger partial charge in [-0.2, -0.15) is 0 Å². The second-order valence-corrected chi connectivity index (χ2v) is 7.40. The third kappa shape index (κ3) is 4.12. The Balaban J connectivity index is 1.37. The molecule has 1 aromatic rings. The van der Waals surface area contributed by atoms with Gasteiger partial charge in [0.1, 0.15) is 5.76 Å². The zero-order chi connectivity index (χ0) is 16.2.